The Morgan fingerprint density at radius 3 is 0.879 bits per heavy atom. The zero-order chi connectivity index (χ0) is 25.4. The molecule has 0 fully saturated rings. The predicted molar refractivity (Wildman–Crippen MR) is 132 cm³/mol. The second-order valence-corrected chi connectivity index (χ2v) is 12.1. The van der Waals surface area contributed by atoms with Gasteiger partial charge in [0.2, 0.25) is 0 Å². The molecule has 6 heteroatoms. The lowest BCUT2D eigenvalue weighted by Gasteiger charge is -2.24. The Bertz CT molecular complexity index is 588. The van der Waals surface area contributed by atoms with E-state index >= 15 is 0 Å². The van der Waals surface area contributed by atoms with Crippen LogP contribution in [0, 0.1) is 0 Å². The van der Waals surface area contributed by atoms with Crippen LogP contribution in [-0.2, 0) is 29.3 Å². The first kappa shape index (κ1) is 30.0. The molecular weight excluding hydrogens is 420 g/mol. The van der Waals surface area contributed by atoms with Crippen molar-refractivity contribution >= 4 is 0 Å². The number of hydrogen-bond acceptors (Lipinski definition) is 6. The first-order chi connectivity index (χ1) is 15.0. The van der Waals surface area contributed by atoms with Crippen molar-refractivity contribution in [2.45, 2.75) is 118 Å². The second kappa shape index (κ2) is 12.6. The second-order valence-electron chi connectivity index (χ2n) is 12.1. The fourth-order valence-corrected chi connectivity index (χ4v) is 2.78. The maximum atomic E-state index is 5.53. The van der Waals surface area contributed by atoms with Crippen molar-refractivity contribution in [3.63, 3.8) is 0 Å². The molecule has 192 valence electrons. The van der Waals surface area contributed by atoms with Crippen molar-refractivity contribution in [2.75, 3.05) is 19.8 Å². The zero-order valence-corrected chi connectivity index (χ0v) is 23.0. The average Bonchev–Trinajstić information content (AvgIpc) is 2.64. The van der Waals surface area contributed by atoms with Crippen molar-refractivity contribution in [3.8, 4) is 0 Å². The van der Waals surface area contributed by atoms with Crippen molar-refractivity contribution in [1.29, 1.82) is 0 Å². The summed E-state index contributed by atoms with van der Waals surface area (Å²) in [5, 5.41) is 0. The Labute approximate surface area is 202 Å². The molecule has 0 aliphatic heterocycles. The molecule has 0 radical (unpaired) electrons. The van der Waals surface area contributed by atoms with Crippen molar-refractivity contribution in [3.05, 3.63) is 34.9 Å². The average molecular weight is 469 g/mol. The maximum Gasteiger partial charge on any atom is 0.0952 e. The maximum absolute atomic E-state index is 5.53. The molecule has 0 aromatic heterocycles. The van der Waals surface area contributed by atoms with E-state index in [1.807, 2.05) is 62.3 Å². The van der Waals surface area contributed by atoms with Crippen LogP contribution in [0.1, 0.15) is 118 Å². The summed E-state index contributed by atoms with van der Waals surface area (Å²) in [5.41, 5.74) is 2.53. The lowest BCUT2D eigenvalue weighted by atomic mass is 9.89. The zero-order valence-electron chi connectivity index (χ0n) is 23.0. The molecule has 0 amide bonds. The molecule has 0 saturated carbocycles. The molecule has 0 saturated heterocycles. The smallest absolute Gasteiger partial charge is 0.0952 e. The Morgan fingerprint density at radius 1 is 0.485 bits per heavy atom. The van der Waals surface area contributed by atoms with Crippen molar-refractivity contribution in [1.82, 2.24) is 0 Å². The van der Waals surface area contributed by atoms with Gasteiger partial charge in [-0.3, -0.25) is 0 Å². The third-order valence-electron chi connectivity index (χ3n) is 4.59. The summed E-state index contributed by atoms with van der Waals surface area (Å²) < 4.78 is 0. The number of hydrogen-bond donors (Lipinski definition) is 0. The van der Waals surface area contributed by atoms with Gasteiger partial charge in [0.25, 0.3) is 0 Å². The largest absolute Gasteiger partial charge is 0.236 e. The molecule has 3 atom stereocenters. The lowest BCUT2D eigenvalue weighted by molar-refractivity contribution is -0.350. The van der Waals surface area contributed by atoms with Crippen LogP contribution in [0.2, 0.25) is 0 Å². The molecule has 0 aliphatic rings. The highest BCUT2D eigenvalue weighted by Crippen LogP contribution is 2.29. The summed E-state index contributed by atoms with van der Waals surface area (Å²) in [6.07, 6.45) is 0. The van der Waals surface area contributed by atoms with Gasteiger partial charge in [-0.15, -0.1) is 0 Å². The molecule has 0 aliphatic carbocycles. The number of rotatable bonds is 12. The summed E-state index contributed by atoms with van der Waals surface area (Å²) in [6.45, 7) is 25.6. The van der Waals surface area contributed by atoms with Crippen LogP contribution in [-0.4, -0.2) is 36.6 Å². The quantitative estimate of drug-likeness (QED) is 0.238. The van der Waals surface area contributed by atoms with Gasteiger partial charge < -0.3 is 0 Å². The van der Waals surface area contributed by atoms with E-state index in [9.17, 15) is 0 Å². The Hall–Kier alpha value is -1.02. The van der Waals surface area contributed by atoms with E-state index in [4.69, 9.17) is 29.3 Å². The molecule has 0 spiro atoms. The fourth-order valence-electron chi connectivity index (χ4n) is 2.78. The van der Waals surface area contributed by atoms with E-state index in [1.54, 1.807) is 0 Å². The molecule has 3 unspecified atom stereocenters. The van der Waals surface area contributed by atoms with Gasteiger partial charge in [0.05, 0.1) is 36.6 Å². The van der Waals surface area contributed by atoms with Crippen LogP contribution < -0.4 is 0 Å². The van der Waals surface area contributed by atoms with E-state index in [-0.39, 0.29) is 34.6 Å². The van der Waals surface area contributed by atoms with Crippen LogP contribution in [0.4, 0.5) is 0 Å². The minimum absolute atomic E-state index is 0.156. The molecule has 1 aromatic rings. The molecule has 1 aromatic carbocycles. The molecule has 33 heavy (non-hydrogen) atoms. The van der Waals surface area contributed by atoms with Gasteiger partial charge in [-0.1, -0.05) is 39.0 Å². The van der Waals surface area contributed by atoms with Crippen molar-refractivity contribution < 1.29 is 29.3 Å². The first-order valence-corrected chi connectivity index (χ1v) is 12.0. The van der Waals surface area contributed by atoms with E-state index in [0.717, 1.165) is 0 Å². The topological polar surface area (TPSA) is 55.4 Å². The third kappa shape index (κ3) is 13.5. The highest BCUT2D eigenvalue weighted by atomic mass is 17.2. The molecule has 0 N–H and O–H groups in total. The molecule has 6 nitrogen and oxygen atoms in total. The standard InChI is InChI=1S/C27H48O6/c1-19(16-28-31-25(4,5)6)22-13-23(20(2)17-29-32-26(7,8)9)15-24(14-22)21(3)18-30-33-27(10,11)12/h13-15,19-21H,16-18H2,1-12H3. The summed E-state index contributed by atoms with van der Waals surface area (Å²) in [6, 6.07) is 6.66. The van der Waals surface area contributed by atoms with E-state index in [0.29, 0.717) is 19.8 Å². The Balaban J connectivity index is 3.01. The van der Waals surface area contributed by atoms with Gasteiger partial charge in [0.1, 0.15) is 0 Å². The van der Waals surface area contributed by atoms with Crippen LogP contribution in [0.25, 0.3) is 0 Å². The summed E-state index contributed by atoms with van der Waals surface area (Å²) in [5.74, 6) is 0.469. The van der Waals surface area contributed by atoms with E-state index in [1.165, 1.54) is 16.7 Å². The Kier molecular flexibility index (Phi) is 11.5. The van der Waals surface area contributed by atoms with Crippen LogP contribution in [0.3, 0.4) is 0 Å². The van der Waals surface area contributed by atoms with Gasteiger partial charge in [0, 0.05) is 17.8 Å². The highest BCUT2D eigenvalue weighted by Gasteiger charge is 2.20. The van der Waals surface area contributed by atoms with Gasteiger partial charge in [0.15, 0.2) is 0 Å². The number of benzene rings is 1. The fraction of sp³-hybridized carbons (Fsp3) is 0.778. The summed E-state index contributed by atoms with van der Waals surface area (Å²) >= 11 is 0. The van der Waals surface area contributed by atoms with Crippen LogP contribution in [0.5, 0.6) is 0 Å². The molecule has 0 bridgehead atoms. The molecule has 0 heterocycles. The van der Waals surface area contributed by atoms with E-state index in [2.05, 4.69) is 39.0 Å². The van der Waals surface area contributed by atoms with Crippen LogP contribution in [0.15, 0.2) is 18.2 Å². The predicted octanol–water partition coefficient (Wildman–Crippen LogP) is 7.24. The SMILES string of the molecule is CC(COOC(C)(C)C)c1cc(C(C)COOC(C)(C)C)cc(C(C)COOC(C)(C)C)c1. The van der Waals surface area contributed by atoms with Crippen molar-refractivity contribution in [2.24, 2.45) is 0 Å². The van der Waals surface area contributed by atoms with Gasteiger partial charge in [-0.05, 0) is 79.0 Å². The Morgan fingerprint density at radius 2 is 0.697 bits per heavy atom. The van der Waals surface area contributed by atoms with Gasteiger partial charge >= 0.3 is 0 Å². The highest BCUT2D eigenvalue weighted by molar-refractivity contribution is 5.36. The summed E-state index contributed by atoms with van der Waals surface area (Å²) in [7, 11) is 0. The van der Waals surface area contributed by atoms with E-state index < -0.39 is 0 Å². The molecular formula is C27H48O6. The normalized spacial score (nSPS) is 16.0. The molecule has 1 rings (SSSR count). The monoisotopic (exact) mass is 468 g/mol. The lowest BCUT2D eigenvalue weighted by Crippen LogP contribution is -2.22. The van der Waals surface area contributed by atoms with Gasteiger partial charge in [-0.25, -0.2) is 29.3 Å². The minimum Gasteiger partial charge on any atom is -0.236 e. The first-order valence-electron chi connectivity index (χ1n) is 12.0. The van der Waals surface area contributed by atoms with Crippen LogP contribution >= 0.6 is 0 Å². The minimum atomic E-state index is -0.343. The third-order valence-corrected chi connectivity index (χ3v) is 4.59. The summed E-state index contributed by atoms with van der Waals surface area (Å²) in [4.78, 5) is 33.0. The van der Waals surface area contributed by atoms with Gasteiger partial charge in [-0.2, -0.15) is 0 Å².